The van der Waals surface area contributed by atoms with E-state index in [-0.39, 0.29) is 11.9 Å². The Morgan fingerprint density at radius 1 is 0.963 bits per heavy atom. The van der Waals surface area contributed by atoms with Gasteiger partial charge < -0.3 is 23.5 Å². The highest BCUT2D eigenvalue weighted by Gasteiger charge is 2.26. The van der Waals surface area contributed by atoms with Crippen LogP contribution in [0, 0.1) is 0 Å². The third kappa shape index (κ3) is 3.43. The molecular weight excluding hydrogens is 346 g/mol. The predicted octanol–water partition coefficient (Wildman–Crippen LogP) is 4.29. The number of carbonyl (C=O) groups excluding carboxylic acids is 1. The summed E-state index contributed by atoms with van der Waals surface area (Å²) in [6.07, 6.45) is 0. The summed E-state index contributed by atoms with van der Waals surface area (Å²) in [4.78, 5) is 14.7. The number of amides is 1. The zero-order valence-corrected chi connectivity index (χ0v) is 16.1. The number of rotatable bonds is 6. The smallest absolute Gasteiger partial charge is 0.258 e. The largest absolute Gasteiger partial charge is 0.496 e. The minimum absolute atomic E-state index is 0.208. The van der Waals surface area contributed by atoms with Crippen LogP contribution < -0.4 is 14.2 Å². The van der Waals surface area contributed by atoms with E-state index in [0.717, 1.165) is 11.0 Å². The molecule has 2 aromatic carbocycles. The molecule has 3 rings (SSSR count). The quantitative estimate of drug-likeness (QED) is 0.649. The number of methoxy groups -OCH3 is 3. The minimum atomic E-state index is -0.261. The molecule has 1 atom stereocenters. The van der Waals surface area contributed by atoms with Gasteiger partial charge in [-0.05, 0) is 19.1 Å². The van der Waals surface area contributed by atoms with Crippen LogP contribution in [0.15, 0.2) is 46.9 Å². The Kier molecular flexibility index (Phi) is 5.26. The molecule has 142 valence electrons. The van der Waals surface area contributed by atoms with Gasteiger partial charge in [0.25, 0.3) is 5.91 Å². The molecule has 6 heteroatoms. The molecule has 1 heterocycles. The summed E-state index contributed by atoms with van der Waals surface area (Å²) >= 11 is 0. The van der Waals surface area contributed by atoms with Crippen molar-refractivity contribution >= 4 is 16.9 Å². The number of benzene rings is 2. The molecule has 0 spiro atoms. The van der Waals surface area contributed by atoms with Gasteiger partial charge in [0.1, 0.15) is 17.1 Å². The highest BCUT2D eigenvalue weighted by molar-refractivity contribution is 5.98. The molecule has 1 amide bonds. The predicted molar refractivity (Wildman–Crippen MR) is 103 cm³/mol. The summed E-state index contributed by atoms with van der Waals surface area (Å²) < 4.78 is 21.9. The number of hydrogen-bond donors (Lipinski definition) is 0. The van der Waals surface area contributed by atoms with Crippen LogP contribution in [0.1, 0.15) is 29.1 Å². The van der Waals surface area contributed by atoms with E-state index in [1.807, 2.05) is 37.3 Å². The van der Waals surface area contributed by atoms with Crippen molar-refractivity contribution in [1.29, 1.82) is 0 Å². The van der Waals surface area contributed by atoms with Gasteiger partial charge in [-0.3, -0.25) is 4.79 Å². The van der Waals surface area contributed by atoms with Crippen molar-refractivity contribution in [2.45, 2.75) is 13.0 Å². The Bertz CT molecular complexity index is 929. The standard InChI is InChI=1S/C21H23NO5/c1-13(17-10-14-8-6-7-9-16(14)27-17)22(2)21(23)15-11-19(25-4)20(26-5)12-18(15)24-3/h6-13H,1-5H3. The second-order valence-electron chi connectivity index (χ2n) is 6.19. The summed E-state index contributed by atoms with van der Waals surface area (Å²) in [5.74, 6) is 1.89. The second-order valence-corrected chi connectivity index (χ2v) is 6.19. The van der Waals surface area contributed by atoms with Crippen molar-refractivity contribution in [2.24, 2.45) is 0 Å². The van der Waals surface area contributed by atoms with Crippen molar-refractivity contribution in [1.82, 2.24) is 4.90 Å². The lowest BCUT2D eigenvalue weighted by atomic mass is 10.1. The molecule has 0 aliphatic rings. The molecule has 1 unspecified atom stereocenters. The average molecular weight is 369 g/mol. The first kappa shape index (κ1) is 18.6. The number of para-hydroxylation sites is 1. The van der Waals surface area contributed by atoms with Gasteiger partial charge in [0, 0.05) is 24.6 Å². The first-order valence-electron chi connectivity index (χ1n) is 8.55. The van der Waals surface area contributed by atoms with Crippen molar-refractivity contribution in [2.75, 3.05) is 28.4 Å². The molecule has 0 fully saturated rings. The molecule has 1 aromatic heterocycles. The van der Waals surface area contributed by atoms with Gasteiger partial charge >= 0.3 is 0 Å². The number of fused-ring (bicyclic) bond motifs is 1. The van der Waals surface area contributed by atoms with Crippen LogP contribution >= 0.6 is 0 Å². The molecule has 6 nitrogen and oxygen atoms in total. The highest BCUT2D eigenvalue weighted by atomic mass is 16.5. The molecule has 0 aliphatic heterocycles. The van der Waals surface area contributed by atoms with Crippen LogP contribution in [0.2, 0.25) is 0 Å². The zero-order valence-electron chi connectivity index (χ0n) is 16.1. The van der Waals surface area contributed by atoms with E-state index >= 15 is 0 Å². The first-order chi connectivity index (χ1) is 13.0. The molecule has 0 aliphatic carbocycles. The van der Waals surface area contributed by atoms with Gasteiger partial charge in [-0.2, -0.15) is 0 Å². The molecule has 0 radical (unpaired) electrons. The van der Waals surface area contributed by atoms with Crippen LogP contribution in [-0.2, 0) is 0 Å². The van der Waals surface area contributed by atoms with Crippen molar-refractivity contribution in [3.8, 4) is 17.2 Å². The topological polar surface area (TPSA) is 61.1 Å². The van der Waals surface area contributed by atoms with E-state index in [2.05, 4.69) is 0 Å². The van der Waals surface area contributed by atoms with Crippen LogP contribution in [-0.4, -0.2) is 39.2 Å². The number of furan rings is 1. The molecule has 0 saturated carbocycles. The monoisotopic (exact) mass is 369 g/mol. The fourth-order valence-corrected chi connectivity index (χ4v) is 2.96. The molecule has 27 heavy (non-hydrogen) atoms. The van der Waals surface area contributed by atoms with Crippen LogP contribution in [0.25, 0.3) is 11.0 Å². The van der Waals surface area contributed by atoms with E-state index in [1.54, 1.807) is 24.1 Å². The van der Waals surface area contributed by atoms with Crippen LogP contribution in [0.5, 0.6) is 17.2 Å². The number of carbonyl (C=O) groups is 1. The minimum Gasteiger partial charge on any atom is -0.496 e. The Morgan fingerprint density at radius 2 is 1.59 bits per heavy atom. The van der Waals surface area contributed by atoms with E-state index < -0.39 is 0 Å². The van der Waals surface area contributed by atoms with Gasteiger partial charge in [0.05, 0.1) is 32.9 Å². The number of hydrogen-bond acceptors (Lipinski definition) is 5. The molecule has 0 bridgehead atoms. The van der Waals surface area contributed by atoms with Gasteiger partial charge in [-0.15, -0.1) is 0 Å². The maximum atomic E-state index is 13.1. The summed E-state index contributed by atoms with van der Waals surface area (Å²) in [7, 11) is 6.31. The van der Waals surface area contributed by atoms with Crippen molar-refractivity contribution in [3.63, 3.8) is 0 Å². The van der Waals surface area contributed by atoms with E-state index in [0.29, 0.717) is 28.6 Å². The summed E-state index contributed by atoms with van der Waals surface area (Å²) in [6.45, 7) is 1.92. The summed E-state index contributed by atoms with van der Waals surface area (Å²) in [5.41, 5.74) is 1.18. The van der Waals surface area contributed by atoms with Gasteiger partial charge in [0.2, 0.25) is 0 Å². The van der Waals surface area contributed by atoms with Crippen molar-refractivity contribution in [3.05, 3.63) is 53.8 Å². The third-order valence-corrected chi connectivity index (χ3v) is 4.69. The van der Waals surface area contributed by atoms with Gasteiger partial charge in [0.15, 0.2) is 11.5 Å². The summed E-state index contributed by atoms with van der Waals surface area (Å²) in [5, 5.41) is 1.00. The Hall–Kier alpha value is -3.15. The Labute approximate surface area is 158 Å². The number of nitrogens with zero attached hydrogens (tertiary/aromatic N) is 1. The highest BCUT2D eigenvalue weighted by Crippen LogP contribution is 2.36. The number of ether oxygens (including phenoxy) is 3. The average Bonchev–Trinajstić information content (AvgIpc) is 3.15. The zero-order chi connectivity index (χ0) is 19.6. The second kappa shape index (κ2) is 7.61. The van der Waals surface area contributed by atoms with Crippen LogP contribution in [0.3, 0.4) is 0 Å². The van der Waals surface area contributed by atoms with Gasteiger partial charge in [-0.1, -0.05) is 18.2 Å². The van der Waals surface area contributed by atoms with Crippen molar-refractivity contribution < 1.29 is 23.4 Å². The lowest BCUT2D eigenvalue weighted by molar-refractivity contribution is 0.0723. The Morgan fingerprint density at radius 3 is 2.22 bits per heavy atom. The fraction of sp³-hybridized carbons (Fsp3) is 0.286. The van der Waals surface area contributed by atoms with E-state index in [9.17, 15) is 4.79 Å². The molecular formula is C21H23NO5. The molecule has 0 saturated heterocycles. The molecule has 3 aromatic rings. The summed E-state index contributed by atoms with van der Waals surface area (Å²) in [6, 6.07) is 12.7. The normalized spacial score (nSPS) is 11.9. The van der Waals surface area contributed by atoms with E-state index in [1.165, 1.54) is 21.3 Å². The van der Waals surface area contributed by atoms with Crippen LogP contribution in [0.4, 0.5) is 0 Å². The lowest BCUT2D eigenvalue weighted by Crippen LogP contribution is -2.29. The first-order valence-corrected chi connectivity index (χ1v) is 8.55. The lowest BCUT2D eigenvalue weighted by Gasteiger charge is -2.24. The Balaban J connectivity index is 1.94. The van der Waals surface area contributed by atoms with E-state index in [4.69, 9.17) is 18.6 Å². The van der Waals surface area contributed by atoms with Gasteiger partial charge in [-0.25, -0.2) is 0 Å². The third-order valence-electron chi connectivity index (χ3n) is 4.69. The SMILES string of the molecule is COc1cc(OC)c(C(=O)N(C)C(C)c2cc3ccccc3o2)cc1OC. The molecule has 0 N–H and O–H groups in total. The fourth-order valence-electron chi connectivity index (χ4n) is 2.96. The maximum Gasteiger partial charge on any atom is 0.258 e. The maximum absolute atomic E-state index is 13.1.